The molecule has 0 spiro atoms. The van der Waals surface area contributed by atoms with Crippen LogP contribution >= 0.6 is 0 Å². The quantitative estimate of drug-likeness (QED) is 0.0203. The largest absolute Gasteiger partial charge is 0.478 e. The van der Waals surface area contributed by atoms with Crippen molar-refractivity contribution in [2.75, 3.05) is 10.6 Å². The van der Waals surface area contributed by atoms with Crippen molar-refractivity contribution in [2.45, 2.75) is 34.8 Å². The lowest BCUT2D eigenvalue weighted by Gasteiger charge is -2.14. The van der Waals surface area contributed by atoms with Gasteiger partial charge in [-0.15, -0.1) is 5.11 Å². The Bertz CT molecular complexity index is 2820. The number of nitrogens with one attached hydrogen (secondary N) is 2. The first-order valence-electron chi connectivity index (χ1n) is 15.3. The van der Waals surface area contributed by atoms with Crippen LogP contribution in [0.4, 0.5) is 34.9 Å². The Kier molecular flexibility index (Phi) is 11.5. The van der Waals surface area contributed by atoms with Crippen molar-refractivity contribution in [1.82, 2.24) is 15.0 Å². The maximum atomic E-state index is 12.6. The molecular formula is C32H28N8O12S3. The summed E-state index contributed by atoms with van der Waals surface area (Å²) in [6, 6.07) is 11.8. The maximum Gasteiger partial charge on any atom is 0.335 e. The van der Waals surface area contributed by atoms with Gasteiger partial charge in [-0.1, -0.05) is 30.3 Å². The van der Waals surface area contributed by atoms with Crippen LogP contribution in [0.15, 0.2) is 114 Å². The summed E-state index contributed by atoms with van der Waals surface area (Å²) in [5, 5.41) is 31.9. The molecule has 1 unspecified atom stereocenters. The molecule has 0 saturated heterocycles. The van der Waals surface area contributed by atoms with Crippen molar-refractivity contribution in [3.05, 3.63) is 84.5 Å². The van der Waals surface area contributed by atoms with Gasteiger partial charge in [0.1, 0.15) is 20.9 Å². The second-order valence-corrected chi connectivity index (χ2v) is 15.3. The molecule has 0 amide bonds. The number of hydrogen-bond donors (Lipinski definition) is 7. The van der Waals surface area contributed by atoms with Crippen LogP contribution in [0.3, 0.4) is 0 Å². The lowest BCUT2D eigenvalue weighted by molar-refractivity contribution is -0.132. The summed E-state index contributed by atoms with van der Waals surface area (Å²) >= 11 is 0. The van der Waals surface area contributed by atoms with Crippen LogP contribution in [0.25, 0.3) is 21.5 Å². The van der Waals surface area contributed by atoms with E-state index in [1.165, 1.54) is 68.6 Å². The molecule has 23 heteroatoms. The average Bonchev–Trinajstić information content (AvgIpc) is 3.08. The van der Waals surface area contributed by atoms with Gasteiger partial charge in [-0.25, -0.2) is 9.79 Å². The van der Waals surface area contributed by atoms with Crippen molar-refractivity contribution in [3.63, 3.8) is 0 Å². The number of aromatic nitrogens is 3. The molecule has 4 aromatic carbocycles. The highest BCUT2D eigenvalue weighted by Crippen LogP contribution is 2.39. The van der Waals surface area contributed by atoms with Crippen molar-refractivity contribution < 1.29 is 53.9 Å². The number of carboxylic acids is 1. The summed E-state index contributed by atoms with van der Waals surface area (Å²) in [6.45, 7) is 2.91. The highest BCUT2D eigenvalue weighted by molar-refractivity contribution is 7.86. The Morgan fingerprint density at radius 2 is 1.42 bits per heavy atom. The molecule has 0 saturated carbocycles. The van der Waals surface area contributed by atoms with Crippen LogP contribution in [-0.4, -0.2) is 82.5 Å². The fourth-order valence-corrected chi connectivity index (χ4v) is 7.23. The third-order valence-corrected chi connectivity index (χ3v) is 10.0. The van der Waals surface area contributed by atoms with Crippen LogP contribution < -0.4 is 10.6 Å². The molecule has 286 valence electrons. The highest BCUT2D eigenvalue weighted by atomic mass is 32.2. The Morgan fingerprint density at radius 1 is 0.782 bits per heavy atom. The van der Waals surface area contributed by atoms with Crippen molar-refractivity contribution in [3.8, 4) is 0 Å². The number of allylic oxidation sites excluding steroid dienone is 2. The van der Waals surface area contributed by atoms with Crippen LogP contribution in [-0.2, 0) is 35.1 Å². The van der Waals surface area contributed by atoms with E-state index in [9.17, 15) is 53.9 Å². The zero-order valence-electron chi connectivity index (χ0n) is 28.2. The summed E-state index contributed by atoms with van der Waals surface area (Å²) < 4.78 is 104. The minimum absolute atomic E-state index is 0.0115. The van der Waals surface area contributed by atoms with E-state index in [2.05, 4.69) is 40.8 Å². The Hall–Kier alpha value is -6.08. The van der Waals surface area contributed by atoms with Gasteiger partial charge in [0, 0.05) is 27.8 Å². The molecule has 1 atom stereocenters. The molecule has 5 rings (SSSR count). The zero-order chi connectivity index (χ0) is 40.3. The Morgan fingerprint density at radius 3 is 2.04 bits per heavy atom. The van der Waals surface area contributed by atoms with E-state index in [1.807, 2.05) is 0 Å². The molecule has 0 bridgehead atoms. The van der Waals surface area contributed by atoms with E-state index in [1.54, 1.807) is 0 Å². The van der Waals surface area contributed by atoms with E-state index in [4.69, 9.17) is 0 Å². The summed E-state index contributed by atoms with van der Waals surface area (Å²) in [6.07, 6.45) is 4.00. The number of aliphatic hydroxyl groups is 1. The maximum absolute atomic E-state index is 12.6. The number of aliphatic imine (C=N–C) groups is 1. The second kappa shape index (κ2) is 15.7. The van der Waals surface area contributed by atoms with E-state index in [0.29, 0.717) is 0 Å². The molecule has 0 aliphatic carbocycles. The van der Waals surface area contributed by atoms with E-state index in [-0.39, 0.29) is 62.0 Å². The standard InChI is InChI=1S/C32H28N8O12S3/c1-3-18(29(42)43)7-6-14-33-30-36-31(34-17(2)41)38-32(37-30)35-24-13-12-23(21-9-5-11-26(28(21)24)54(47,48)49)40-39-19-15-22-20(27(16-19)55(50,51)52)8-4-10-25(22)53(44,45)46/h3-17,41H,1-2H3,(H,42,43)(H,44,45,46)(H,47,48,49)(H,50,51,52)(H2,34,35,36,37,38)/b7-6-,18-3+,33-14+,40-39?. The molecule has 5 aromatic rings. The first kappa shape index (κ1) is 40.1. The molecular weight excluding hydrogens is 785 g/mol. The minimum atomic E-state index is -4.97. The zero-order valence-corrected chi connectivity index (χ0v) is 30.6. The van der Waals surface area contributed by atoms with E-state index < -0.39 is 57.2 Å². The third-order valence-electron chi connectivity index (χ3n) is 7.31. The number of aliphatic carboxylic acids is 1. The number of azo groups is 1. The number of hydrogen-bond acceptors (Lipinski definition) is 16. The molecule has 1 aromatic heterocycles. The van der Waals surface area contributed by atoms with Crippen LogP contribution in [0, 0.1) is 0 Å². The lowest BCUT2D eigenvalue weighted by atomic mass is 10.1. The topological polar surface area (TPSA) is 320 Å². The predicted octanol–water partition coefficient (Wildman–Crippen LogP) is 5.12. The molecule has 7 N–H and O–H groups in total. The SMILES string of the molecule is C\C=C(/C=C\C=N\c1nc(Nc2ccc(N=Nc3cc(S(=O)(=O)O)c4cccc(S(=O)(=O)O)c4c3)c3cccc(S(=O)(=O)O)c23)nc(NC(C)O)n1)C(=O)O. The number of nitrogens with zero attached hydrogens (tertiary/aromatic N) is 6. The van der Waals surface area contributed by atoms with Gasteiger partial charge in [0.25, 0.3) is 36.3 Å². The number of benzene rings is 4. The van der Waals surface area contributed by atoms with Gasteiger partial charge in [0.05, 0.1) is 22.6 Å². The molecule has 0 aliphatic rings. The smallest absolute Gasteiger partial charge is 0.335 e. The predicted molar refractivity (Wildman–Crippen MR) is 199 cm³/mol. The Labute approximate surface area is 312 Å². The van der Waals surface area contributed by atoms with E-state index in [0.717, 1.165) is 30.3 Å². The molecule has 20 nitrogen and oxygen atoms in total. The van der Waals surface area contributed by atoms with Gasteiger partial charge in [-0.05, 0) is 62.4 Å². The number of fused-ring (bicyclic) bond motifs is 2. The number of carbonyl (C=O) groups is 1. The van der Waals surface area contributed by atoms with E-state index >= 15 is 0 Å². The average molecular weight is 813 g/mol. The summed E-state index contributed by atoms with van der Waals surface area (Å²) in [7, 11) is -14.8. The fourth-order valence-electron chi connectivity index (χ4n) is 5.08. The Balaban J connectivity index is 1.64. The summed E-state index contributed by atoms with van der Waals surface area (Å²) in [5.74, 6) is -1.81. The van der Waals surface area contributed by atoms with Crippen LogP contribution in [0.2, 0.25) is 0 Å². The van der Waals surface area contributed by atoms with Crippen molar-refractivity contribution in [1.29, 1.82) is 0 Å². The fraction of sp³-hybridized carbons (Fsp3) is 0.0938. The normalized spacial score (nSPS) is 13.7. The van der Waals surface area contributed by atoms with Gasteiger partial charge in [-0.2, -0.15) is 45.3 Å². The van der Waals surface area contributed by atoms with Gasteiger partial charge in [0.2, 0.25) is 11.9 Å². The lowest BCUT2D eigenvalue weighted by Crippen LogP contribution is -2.16. The number of rotatable bonds is 13. The first-order chi connectivity index (χ1) is 25.8. The molecule has 0 aliphatic heterocycles. The van der Waals surface area contributed by atoms with Gasteiger partial charge >= 0.3 is 5.97 Å². The highest BCUT2D eigenvalue weighted by Gasteiger charge is 2.23. The molecule has 0 radical (unpaired) electrons. The van der Waals surface area contributed by atoms with Crippen LogP contribution in [0.5, 0.6) is 0 Å². The van der Waals surface area contributed by atoms with Gasteiger partial charge in [-0.3, -0.25) is 13.7 Å². The molecule has 0 fully saturated rings. The first-order valence-corrected chi connectivity index (χ1v) is 19.6. The number of aliphatic hydroxyl groups excluding tert-OH is 1. The van der Waals surface area contributed by atoms with Gasteiger partial charge < -0.3 is 20.8 Å². The number of carboxylic acid groups (broad SMARTS) is 1. The van der Waals surface area contributed by atoms with Crippen molar-refractivity contribution in [2.24, 2.45) is 15.2 Å². The molecule has 55 heavy (non-hydrogen) atoms. The third kappa shape index (κ3) is 9.54. The summed E-state index contributed by atoms with van der Waals surface area (Å²) in [5.41, 5.74) is -0.373. The molecule has 1 heterocycles. The van der Waals surface area contributed by atoms with Crippen LogP contribution in [0.1, 0.15) is 13.8 Å². The summed E-state index contributed by atoms with van der Waals surface area (Å²) in [4.78, 5) is 25.7. The number of anilines is 3. The van der Waals surface area contributed by atoms with Gasteiger partial charge in [0.15, 0.2) is 0 Å². The minimum Gasteiger partial charge on any atom is -0.478 e. The monoisotopic (exact) mass is 812 g/mol. The van der Waals surface area contributed by atoms with Crippen molar-refractivity contribution >= 4 is 99.0 Å². The second-order valence-electron chi connectivity index (χ2n) is 11.1.